The van der Waals surface area contributed by atoms with Crippen LogP contribution in [0.5, 0.6) is 0 Å². The Morgan fingerprint density at radius 3 is 2.47 bits per heavy atom. The number of benzene rings is 1. The Morgan fingerprint density at radius 2 is 1.94 bits per heavy atom. The summed E-state index contributed by atoms with van der Waals surface area (Å²) in [5.41, 5.74) is 12.5. The van der Waals surface area contributed by atoms with E-state index in [-0.39, 0.29) is 6.54 Å². The van der Waals surface area contributed by atoms with Crippen molar-refractivity contribution in [1.29, 1.82) is 0 Å². The Morgan fingerprint density at radius 1 is 1.29 bits per heavy atom. The molecule has 0 aliphatic carbocycles. The number of nitrogens with zero attached hydrogens (tertiary/aromatic N) is 1. The maximum Gasteiger partial charge on any atom is 0.231 e. The lowest BCUT2D eigenvalue weighted by atomic mass is 10.2. The Balaban J connectivity index is 2.57. The molecule has 5 heteroatoms. The van der Waals surface area contributed by atoms with Gasteiger partial charge >= 0.3 is 0 Å². The van der Waals surface area contributed by atoms with Crippen molar-refractivity contribution < 1.29 is 9.18 Å². The first-order valence-corrected chi connectivity index (χ1v) is 5.53. The lowest BCUT2D eigenvalue weighted by Gasteiger charge is -2.20. The van der Waals surface area contributed by atoms with Crippen molar-refractivity contribution >= 4 is 11.6 Å². The lowest BCUT2D eigenvalue weighted by Crippen LogP contribution is -2.34. The number of anilines is 1. The van der Waals surface area contributed by atoms with Gasteiger partial charge in [-0.2, -0.15) is 0 Å². The van der Waals surface area contributed by atoms with Crippen molar-refractivity contribution in [1.82, 2.24) is 4.90 Å². The van der Waals surface area contributed by atoms with Crippen LogP contribution in [0.15, 0.2) is 24.3 Å². The number of alkyl halides is 1. The topological polar surface area (TPSA) is 72.4 Å². The van der Waals surface area contributed by atoms with E-state index in [9.17, 15) is 9.18 Å². The first-order chi connectivity index (χ1) is 8.11. The van der Waals surface area contributed by atoms with E-state index in [4.69, 9.17) is 11.5 Å². The Labute approximate surface area is 100 Å². The van der Waals surface area contributed by atoms with Crippen molar-refractivity contribution in [3.05, 3.63) is 29.8 Å². The molecule has 4 N–H and O–H groups in total. The highest BCUT2D eigenvalue weighted by Gasteiger charge is 2.08. The summed E-state index contributed by atoms with van der Waals surface area (Å²) in [6.45, 7) is 0.842. The number of carbonyl (C=O) groups is 1. The van der Waals surface area contributed by atoms with Gasteiger partial charge in [-0.3, -0.25) is 14.1 Å². The van der Waals surface area contributed by atoms with Gasteiger partial charge in [-0.15, -0.1) is 0 Å². The summed E-state index contributed by atoms with van der Waals surface area (Å²) in [5.74, 6) is -0.403. The van der Waals surface area contributed by atoms with Gasteiger partial charge in [-0.1, -0.05) is 12.1 Å². The summed E-state index contributed by atoms with van der Waals surface area (Å²) >= 11 is 0. The van der Waals surface area contributed by atoms with E-state index < -0.39 is 12.6 Å². The number of halogens is 1. The Bertz CT molecular complexity index is 353. The van der Waals surface area contributed by atoms with Crippen molar-refractivity contribution in [2.75, 3.05) is 25.5 Å². The molecule has 0 atom stereocenters. The highest BCUT2D eigenvalue weighted by molar-refractivity contribution is 5.75. The Hall–Kier alpha value is -1.62. The minimum absolute atomic E-state index is 0.143. The molecule has 0 aliphatic rings. The molecule has 1 amide bonds. The van der Waals surface area contributed by atoms with Crippen LogP contribution in [0.3, 0.4) is 0 Å². The molecule has 1 rings (SSSR count). The van der Waals surface area contributed by atoms with Gasteiger partial charge in [0, 0.05) is 18.8 Å². The average molecular weight is 239 g/mol. The van der Waals surface area contributed by atoms with Crippen LogP contribution in [0, 0.1) is 0 Å². The van der Waals surface area contributed by atoms with Crippen LogP contribution in [0.1, 0.15) is 12.0 Å². The number of carbonyl (C=O) groups excluding carboxylic acids is 1. The van der Waals surface area contributed by atoms with Crippen molar-refractivity contribution in [3.8, 4) is 0 Å². The number of amides is 1. The molecular formula is C12H18FN3O. The number of hydrogen-bond donors (Lipinski definition) is 2. The molecular weight excluding hydrogens is 221 g/mol. The summed E-state index contributed by atoms with van der Waals surface area (Å²) in [7, 11) is 0. The summed E-state index contributed by atoms with van der Waals surface area (Å²) in [6.07, 6.45) is 0.405. The molecule has 94 valence electrons. The maximum absolute atomic E-state index is 12.1. The second-order valence-corrected chi connectivity index (χ2v) is 3.96. The minimum atomic E-state index is -0.403. The molecule has 17 heavy (non-hydrogen) atoms. The summed E-state index contributed by atoms with van der Waals surface area (Å²) < 4.78 is 12.1. The van der Waals surface area contributed by atoms with Gasteiger partial charge < -0.3 is 11.5 Å². The molecule has 1 aromatic carbocycles. The molecule has 0 saturated carbocycles. The van der Waals surface area contributed by atoms with Gasteiger partial charge in [0.2, 0.25) is 5.91 Å². The monoisotopic (exact) mass is 239 g/mol. The molecule has 0 radical (unpaired) electrons. The molecule has 0 aliphatic heterocycles. The minimum Gasteiger partial charge on any atom is -0.399 e. The second kappa shape index (κ2) is 6.85. The largest absolute Gasteiger partial charge is 0.399 e. The van der Waals surface area contributed by atoms with Crippen LogP contribution in [-0.2, 0) is 11.3 Å². The maximum atomic E-state index is 12.1. The van der Waals surface area contributed by atoms with Crippen LogP contribution in [0.2, 0.25) is 0 Å². The van der Waals surface area contributed by atoms with Crippen LogP contribution in [0.25, 0.3) is 0 Å². The lowest BCUT2D eigenvalue weighted by molar-refractivity contribution is -0.119. The van der Waals surface area contributed by atoms with Gasteiger partial charge in [-0.25, -0.2) is 0 Å². The predicted octanol–water partition coefficient (Wildman–Crippen LogP) is 0.916. The molecule has 0 unspecified atom stereocenters. The zero-order chi connectivity index (χ0) is 12.7. The fourth-order valence-electron chi connectivity index (χ4n) is 1.60. The second-order valence-electron chi connectivity index (χ2n) is 3.96. The predicted molar refractivity (Wildman–Crippen MR) is 65.9 cm³/mol. The normalized spacial score (nSPS) is 10.7. The fraction of sp³-hybridized carbons (Fsp3) is 0.417. The SMILES string of the molecule is NC(=O)CN(CCCF)Cc1ccc(N)cc1. The molecule has 0 heterocycles. The van der Waals surface area contributed by atoms with Gasteiger partial charge in [0.15, 0.2) is 0 Å². The van der Waals surface area contributed by atoms with Crippen molar-refractivity contribution in [2.45, 2.75) is 13.0 Å². The van der Waals surface area contributed by atoms with E-state index in [1.54, 1.807) is 12.1 Å². The first-order valence-electron chi connectivity index (χ1n) is 5.53. The van der Waals surface area contributed by atoms with Crippen molar-refractivity contribution in [3.63, 3.8) is 0 Å². The quantitative estimate of drug-likeness (QED) is 0.695. The zero-order valence-electron chi connectivity index (χ0n) is 9.73. The highest BCUT2D eigenvalue weighted by atomic mass is 19.1. The van der Waals surface area contributed by atoms with Crippen LogP contribution in [0.4, 0.5) is 10.1 Å². The van der Waals surface area contributed by atoms with E-state index in [0.29, 0.717) is 25.2 Å². The molecule has 0 saturated heterocycles. The zero-order valence-corrected chi connectivity index (χ0v) is 9.73. The third-order valence-corrected chi connectivity index (χ3v) is 2.37. The van der Waals surface area contributed by atoms with E-state index in [0.717, 1.165) is 5.56 Å². The molecule has 4 nitrogen and oxygen atoms in total. The Kier molecular flexibility index (Phi) is 5.42. The molecule has 0 aromatic heterocycles. The van der Waals surface area contributed by atoms with Crippen LogP contribution < -0.4 is 11.5 Å². The summed E-state index contributed by atoms with van der Waals surface area (Å²) in [5, 5.41) is 0. The molecule has 0 spiro atoms. The number of primary amides is 1. The average Bonchev–Trinajstić information content (AvgIpc) is 2.28. The van der Waals surface area contributed by atoms with Gasteiger partial charge in [0.25, 0.3) is 0 Å². The molecule has 0 fully saturated rings. The fourth-order valence-corrected chi connectivity index (χ4v) is 1.60. The summed E-state index contributed by atoms with van der Waals surface area (Å²) in [4.78, 5) is 12.7. The highest BCUT2D eigenvalue weighted by Crippen LogP contribution is 2.08. The van der Waals surface area contributed by atoms with Crippen molar-refractivity contribution in [2.24, 2.45) is 5.73 Å². The standard InChI is InChI=1S/C12H18FN3O/c13-6-1-7-16(9-12(15)17)8-10-2-4-11(14)5-3-10/h2-5H,1,6-9,14H2,(H2,15,17). The third kappa shape index (κ3) is 5.31. The molecule has 0 bridgehead atoms. The number of nitrogen functional groups attached to an aromatic ring is 1. The van der Waals surface area contributed by atoms with Gasteiger partial charge in [0.1, 0.15) is 0 Å². The van der Waals surface area contributed by atoms with Gasteiger partial charge in [-0.05, 0) is 24.1 Å². The smallest absolute Gasteiger partial charge is 0.231 e. The van der Waals surface area contributed by atoms with Crippen LogP contribution >= 0.6 is 0 Å². The van der Waals surface area contributed by atoms with E-state index in [1.165, 1.54) is 0 Å². The van der Waals surface area contributed by atoms with Crippen LogP contribution in [-0.4, -0.2) is 30.6 Å². The number of nitrogens with two attached hydrogens (primary N) is 2. The number of hydrogen-bond acceptors (Lipinski definition) is 3. The molecule has 1 aromatic rings. The van der Waals surface area contributed by atoms with E-state index in [1.807, 2.05) is 17.0 Å². The van der Waals surface area contributed by atoms with E-state index in [2.05, 4.69) is 0 Å². The number of rotatable bonds is 7. The third-order valence-electron chi connectivity index (χ3n) is 2.37. The van der Waals surface area contributed by atoms with Gasteiger partial charge in [0.05, 0.1) is 13.2 Å². The first kappa shape index (κ1) is 13.4. The van der Waals surface area contributed by atoms with E-state index >= 15 is 0 Å². The summed E-state index contributed by atoms with van der Waals surface area (Å²) in [6, 6.07) is 7.37.